The maximum atomic E-state index is 10.6. The number of rotatable bonds is 5. The molecule has 0 aromatic carbocycles. The zero-order valence-corrected chi connectivity index (χ0v) is 11.2. The first-order valence-electron chi connectivity index (χ1n) is 5.69. The highest BCUT2D eigenvalue weighted by Crippen LogP contribution is 2.72. The lowest BCUT2D eigenvalue weighted by atomic mass is 10.0. The minimum atomic E-state index is -1.33. The molecule has 100 valence electrons. The zero-order chi connectivity index (χ0) is 12.9. The molecule has 0 spiro atoms. The zero-order valence-electron chi connectivity index (χ0n) is 10.3. The summed E-state index contributed by atoms with van der Waals surface area (Å²) in [6.45, 7) is 3.72. The maximum Gasteiger partial charge on any atom is 0.190 e. The Balaban J connectivity index is 2.11. The van der Waals surface area contributed by atoms with Crippen LogP contribution in [0.3, 0.4) is 0 Å². The van der Waals surface area contributed by atoms with Crippen LogP contribution < -0.4 is 0 Å². The first-order chi connectivity index (χ1) is 7.87. The first kappa shape index (κ1) is 13.6. The molecule has 5 nitrogen and oxygen atoms in total. The summed E-state index contributed by atoms with van der Waals surface area (Å²) < 4.78 is 10.7. The number of hydrogen-bond donors (Lipinski definition) is 3. The van der Waals surface area contributed by atoms with Crippen LogP contribution in [-0.4, -0.2) is 64.1 Å². The SMILES string of the molecule is COC1O[C@H](CSCCO)[C@]2(O)C(C)(C)[C@]12O. The number of methoxy groups -OCH3 is 1. The third-order valence-electron chi connectivity index (χ3n) is 4.24. The summed E-state index contributed by atoms with van der Waals surface area (Å²) in [5, 5.41) is 29.8. The van der Waals surface area contributed by atoms with Gasteiger partial charge in [-0.15, -0.1) is 0 Å². The van der Waals surface area contributed by atoms with E-state index in [9.17, 15) is 10.2 Å². The van der Waals surface area contributed by atoms with E-state index in [1.807, 2.05) is 13.8 Å². The van der Waals surface area contributed by atoms with Crippen molar-refractivity contribution in [2.24, 2.45) is 5.41 Å². The Morgan fingerprint density at radius 1 is 1.29 bits per heavy atom. The Morgan fingerprint density at radius 3 is 2.41 bits per heavy atom. The van der Waals surface area contributed by atoms with Gasteiger partial charge in [0.1, 0.15) is 11.7 Å². The molecule has 1 saturated carbocycles. The summed E-state index contributed by atoms with van der Waals surface area (Å²) in [7, 11) is 1.46. The molecule has 1 aliphatic heterocycles. The second-order valence-corrected chi connectivity index (χ2v) is 6.30. The van der Waals surface area contributed by atoms with E-state index < -0.39 is 29.0 Å². The molecule has 1 unspecified atom stereocenters. The van der Waals surface area contributed by atoms with Crippen LogP contribution in [0.2, 0.25) is 0 Å². The van der Waals surface area contributed by atoms with Crippen molar-refractivity contribution in [1.29, 1.82) is 0 Å². The van der Waals surface area contributed by atoms with Crippen LogP contribution in [0.25, 0.3) is 0 Å². The van der Waals surface area contributed by atoms with Gasteiger partial charge in [-0.25, -0.2) is 0 Å². The van der Waals surface area contributed by atoms with Crippen molar-refractivity contribution in [3.8, 4) is 0 Å². The van der Waals surface area contributed by atoms with Crippen LogP contribution in [0.4, 0.5) is 0 Å². The molecule has 2 aliphatic rings. The van der Waals surface area contributed by atoms with Gasteiger partial charge in [-0.2, -0.15) is 11.8 Å². The normalized spacial score (nSPS) is 46.9. The molecule has 4 atom stereocenters. The fourth-order valence-electron chi connectivity index (χ4n) is 3.01. The summed E-state index contributed by atoms with van der Waals surface area (Å²) in [6, 6.07) is 0. The van der Waals surface area contributed by atoms with Crippen molar-refractivity contribution in [2.45, 2.75) is 37.4 Å². The van der Waals surface area contributed by atoms with E-state index in [2.05, 4.69) is 0 Å². The molecule has 1 heterocycles. The minimum Gasteiger partial charge on any atom is -0.396 e. The number of thioether (sulfide) groups is 1. The summed E-state index contributed by atoms with van der Waals surface area (Å²) in [5.74, 6) is 1.12. The van der Waals surface area contributed by atoms with Gasteiger partial charge in [0.15, 0.2) is 11.9 Å². The topological polar surface area (TPSA) is 79.2 Å². The fraction of sp³-hybridized carbons (Fsp3) is 1.00. The number of hydrogen-bond acceptors (Lipinski definition) is 6. The van der Waals surface area contributed by atoms with E-state index >= 15 is 0 Å². The molecule has 1 aliphatic carbocycles. The number of aliphatic hydroxyl groups is 3. The average Bonchev–Trinajstić information content (AvgIpc) is 2.54. The van der Waals surface area contributed by atoms with Crippen molar-refractivity contribution in [3.05, 3.63) is 0 Å². The van der Waals surface area contributed by atoms with Crippen LogP contribution in [0.5, 0.6) is 0 Å². The van der Waals surface area contributed by atoms with Gasteiger partial charge >= 0.3 is 0 Å². The monoisotopic (exact) mass is 264 g/mol. The highest BCUT2D eigenvalue weighted by molar-refractivity contribution is 7.99. The van der Waals surface area contributed by atoms with Crippen LogP contribution in [0.1, 0.15) is 13.8 Å². The molecular formula is C11H20O5S. The lowest BCUT2D eigenvalue weighted by Crippen LogP contribution is -2.36. The van der Waals surface area contributed by atoms with Gasteiger partial charge in [0.05, 0.1) is 6.61 Å². The van der Waals surface area contributed by atoms with E-state index in [4.69, 9.17) is 14.6 Å². The maximum absolute atomic E-state index is 10.6. The Bertz CT molecular complexity index is 310. The van der Waals surface area contributed by atoms with Crippen molar-refractivity contribution < 1.29 is 24.8 Å². The van der Waals surface area contributed by atoms with E-state index in [1.165, 1.54) is 18.9 Å². The molecule has 2 rings (SSSR count). The Morgan fingerprint density at radius 2 is 1.94 bits per heavy atom. The van der Waals surface area contributed by atoms with E-state index in [-0.39, 0.29) is 6.61 Å². The number of fused-ring (bicyclic) bond motifs is 1. The standard InChI is InChI=1S/C11H20O5S/c1-9(2)10(13)7(6-17-5-4-12)16-8(15-3)11(9,10)14/h7-8,12-14H,4-6H2,1-3H3/t7-,8?,10+,11-/m1/s1. The molecule has 0 aromatic heterocycles. The summed E-state index contributed by atoms with van der Waals surface area (Å²) in [4.78, 5) is 0. The summed E-state index contributed by atoms with van der Waals surface area (Å²) in [5.41, 5.74) is -3.23. The van der Waals surface area contributed by atoms with E-state index in [0.29, 0.717) is 11.5 Å². The highest BCUT2D eigenvalue weighted by atomic mass is 32.2. The molecule has 3 N–H and O–H groups in total. The van der Waals surface area contributed by atoms with Gasteiger partial charge in [-0.1, -0.05) is 13.8 Å². The molecule has 0 bridgehead atoms. The van der Waals surface area contributed by atoms with Gasteiger partial charge in [0.2, 0.25) is 0 Å². The van der Waals surface area contributed by atoms with Gasteiger partial charge < -0.3 is 24.8 Å². The van der Waals surface area contributed by atoms with Crippen LogP contribution in [0.15, 0.2) is 0 Å². The van der Waals surface area contributed by atoms with E-state index in [0.717, 1.165) is 0 Å². The number of ether oxygens (including phenoxy) is 2. The molecule has 1 saturated heterocycles. The largest absolute Gasteiger partial charge is 0.396 e. The predicted octanol–water partition coefficient (Wildman–Crippen LogP) is -0.415. The van der Waals surface area contributed by atoms with Crippen molar-refractivity contribution in [1.82, 2.24) is 0 Å². The molecule has 17 heavy (non-hydrogen) atoms. The summed E-state index contributed by atoms with van der Waals surface area (Å²) in [6.07, 6.45) is -1.26. The Labute approximate surface area is 105 Å². The molecule has 6 heteroatoms. The van der Waals surface area contributed by atoms with Crippen molar-refractivity contribution >= 4 is 11.8 Å². The minimum absolute atomic E-state index is 0.0944. The van der Waals surface area contributed by atoms with Crippen LogP contribution in [-0.2, 0) is 9.47 Å². The van der Waals surface area contributed by atoms with Crippen molar-refractivity contribution in [2.75, 3.05) is 25.2 Å². The smallest absolute Gasteiger partial charge is 0.190 e. The Hall–Kier alpha value is 0.150. The fourth-order valence-corrected chi connectivity index (χ4v) is 3.84. The third kappa shape index (κ3) is 1.39. The highest BCUT2D eigenvalue weighted by Gasteiger charge is 2.92. The molecule has 0 amide bonds. The predicted molar refractivity (Wildman–Crippen MR) is 63.8 cm³/mol. The van der Waals surface area contributed by atoms with E-state index in [1.54, 1.807) is 0 Å². The van der Waals surface area contributed by atoms with Crippen LogP contribution >= 0.6 is 11.8 Å². The molecule has 2 fully saturated rings. The van der Waals surface area contributed by atoms with Crippen LogP contribution in [0, 0.1) is 5.41 Å². The molecular weight excluding hydrogens is 244 g/mol. The molecule has 0 aromatic rings. The summed E-state index contributed by atoms with van der Waals surface area (Å²) >= 11 is 1.49. The second-order valence-electron chi connectivity index (χ2n) is 5.15. The average molecular weight is 264 g/mol. The van der Waals surface area contributed by atoms with Gasteiger partial charge in [-0.05, 0) is 0 Å². The van der Waals surface area contributed by atoms with Gasteiger partial charge in [-0.3, -0.25) is 0 Å². The lowest BCUT2D eigenvalue weighted by Gasteiger charge is -2.25. The van der Waals surface area contributed by atoms with Gasteiger partial charge in [0, 0.05) is 24.0 Å². The molecule has 0 radical (unpaired) electrons. The Kier molecular flexibility index (Phi) is 3.26. The first-order valence-corrected chi connectivity index (χ1v) is 6.85. The van der Waals surface area contributed by atoms with Crippen molar-refractivity contribution in [3.63, 3.8) is 0 Å². The lowest BCUT2D eigenvalue weighted by molar-refractivity contribution is -0.191. The third-order valence-corrected chi connectivity index (χ3v) is 5.25. The second kappa shape index (κ2) is 4.08. The van der Waals surface area contributed by atoms with Gasteiger partial charge in [0.25, 0.3) is 0 Å². The number of aliphatic hydroxyl groups excluding tert-OH is 1. The quantitative estimate of drug-likeness (QED) is 0.586.